The van der Waals surface area contributed by atoms with E-state index in [2.05, 4.69) is 20.9 Å². The topological polar surface area (TPSA) is 52.0 Å². The Labute approximate surface area is 113 Å². The monoisotopic (exact) mass is 302 g/mol. The first kappa shape index (κ1) is 11.3. The molecule has 18 heavy (non-hydrogen) atoms. The van der Waals surface area contributed by atoms with Crippen LogP contribution in [0.1, 0.15) is 11.5 Å². The summed E-state index contributed by atoms with van der Waals surface area (Å²) in [5, 5.41) is 0. The third kappa shape index (κ3) is 2.24. The predicted octanol–water partition coefficient (Wildman–Crippen LogP) is 3.76. The van der Waals surface area contributed by atoms with Gasteiger partial charge in [0.25, 0.3) is 0 Å². The number of halogens is 1. The zero-order valence-corrected chi connectivity index (χ0v) is 11.1. The number of oxazole rings is 1. The maximum atomic E-state index is 5.69. The van der Waals surface area contributed by atoms with Gasteiger partial charge in [0.15, 0.2) is 11.5 Å². The largest absolute Gasteiger partial charge is 0.440 e. The van der Waals surface area contributed by atoms with E-state index >= 15 is 0 Å². The van der Waals surface area contributed by atoms with Gasteiger partial charge in [0.2, 0.25) is 0 Å². The number of benzene rings is 2. The molecule has 0 saturated heterocycles. The lowest BCUT2D eigenvalue weighted by molar-refractivity contribution is 0.544. The van der Waals surface area contributed by atoms with Crippen LogP contribution in [0.25, 0.3) is 11.1 Å². The number of nitrogens with zero attached hydrogens (tertiary/aromatic N) is 1. The molecule has 0 unspecified atom stereocenters. The summed E-state index contributed by atoms with van der Waals surface area (Å²) in [6, 6.07) is 13.5. The van der Waals surface area contributed by atoms with Gasteiger partial charge in [-0.05, 0) is 35.9 Å². The molecule has 1 heterocycles. The van der Waals surface area contributed by atoms with Crippen LogP contribution in [0.2, 0.25) is 0 Å². The molecule has 0 bridgehead atoms. The van der Waals surface area contributed by atoms with E-state index in [-0.39, 0.29) is 0 Å². The van der Waals surface area contributed by atoms with Gasteiger partial charge in [0, 0.05) is 16.6 Å². The fourth-order valence-electron chi connectivity index (χ4n) is 1.83. The van der Waals surface area contributed by atoms with Gasteiger partial charge in [-0.2, -0.15) is 0 Å². The van der Waals surface area contributed by atoms with Gasteiger partial charge in [-0.1, -0.05) is 28.1 Å². The number of rotatable bonds is 2. The normalized spacial score (nSPS) is 10.9. The molecule has 0 aliphatic rings. The Balaban J connectivity index is 1.92. The minimum Gasteiger partial charge on any atom is -0.440 e. The van der Waals surface area contributed by atoms with Crippen molar-refractivity contribution in [1.29, 1.82) is 0 Å². The molecule has 0 atom stereocenters. The van der Waals surface area contributed by atoms with Gasteiger partial charge < -0.3 is 10.2 Å². The lowest BCUT2D eigenvalue weighted by Gasteiger charge is -1.97. The Hall–Kier alpha value is -1.81. The average molecular weight is 303 g/mol. The molecule has 0 saturated carbocycles. The number of fused-ring (bicyclic) bond motifs is 1. The van der Waals surface area contributed by atoms with E-state index in [9.17, 15) is 0 Å². The van der Waals surface area contributed by atoms with Crippen LogP contribution < -0.4 is 5.73 Å². The van der Waals surface area contributed by atoms with Gasteiger partial charge >= 0.3 is 0 Å². The number of nitrogen functional groups attached to an aromatic ring is 1. The summed E-state index contributed by atoms with van der Waals surface area (Å²) >= 11 is 3.42. The van der Waals surface area contributed by atoms with E-state index in [1.54, 1.807) is 0 Å². The fraction of sp³-hybridized carbons (Fsp3) is 0.0714. The van der Waals surface area contributed by atoms with E-state index < -0.39 is 0 Å². The van der Waals surface area contributed by atoms with Crippen molar-refractivity contribution >= 4 is 32.7 Å². The lowest BCUT2D eigenvalue weighted by atomic mass is 10.1. The number of nitrogens with two attached hydrogens (primary N) is 1. The van der Waals surface area contributed by atoms with Crippen LogP contribution in [0.15, 0.2) is 51.4 Å². The summed E-state index contributed by atoms with van der Waals surface area (Å²) in [7, 11) is 0. The first-order valence-electron chi connectivity index (χ1n) is 5.60. The van der Waals surface area contributed by atoms with Crippen molar-refractivity contribution < 1.29 is 4.42 Å². The van der Waals surface area contributed by atoms with Crippen molar-refractivity contribution in [2.45, 2.75) is 6.42 Å². The van der Waals surface area contributed by atoms with E-state index in [1.165, 1.54) is 0 Å². The molecular weight excluding hydrogens is 292 g/mol. The molecule has 1 aromatic heterocycles. The van der Waals surface area contributed by atoms with Gasteiger partial charge in [0.05, 0.1) is 0 Å². The second kappa shape index (κ2) is 4.46. The molecule has 0 amide bonds. The van der Waals surface area contributed by atoms with E-state index in [4.69, 9.17) is 10.2 Å². The molecule has 2 aromatic carbocycles. The standard InChI is InChI=1S/C14H11BrN2O/c15-10-3-6-13-12(8-10)17-14(18-13)7-9-1-4-11(16)5-2-9/h1-6,8H,7,16H2. The van der Waals surface area contributed by atoms with Crippen LogP contribution in [-0.2, 0) is 6.42 Å². The second-order valence-electron chi connectivity index (χ2n) is 4.14. The number of aromatic nitrogens is 1. The fourth-order valence-corrected chi connectivity index (χ4v) is 2.18. The van der Waals surface area contributed by atoms with Crippen molar-refractivity contribution in [2.75, 3.05) is 5.73 Å². The van der Waals surface area contributed by atoms with E-state index in [0.29, 0.717) is 12.3 Å². The highest BCUT2D eigenvalue weighted by molar-refractivity contribution is 9.10. The third-order valence-corrected chi connectivity index (χ3v) is 3.22. The Morgan fingerprint density at radius 1 is 1.11 bits per heavy atom. The lowest BCUT2D eigenvalue weighted by Crippen LogP contribution is -1.89. The van der Waals surface area contributed by atoms with Crippen molar-refractivity contribution in [3.63, 3.8) is 0 Å². The van der Waals surface area contributed by atoms with Crippen LogP contribution in [0.5, 0.6) is 0 Å². The van der Waals surface area contributed by atoms with E-state index in [0.717, 1.165) is 26.8 Å². The highest BCUT2D eigenvalue weighted by Crippen LogP contribution is 2.21. The molecule has 4 heteroatoms. The smallest absolute Gasteiger partial charge is 0.199 e. The predicted molar refractivity (Wildman–Crippen MR) is 75.4 cm³/mol. The SMILES string of the molecule is Nc1ccc(Cc2nc3cc(Br)ccc3o2)cc1. The number of hydrogen-bond donors (Lipinski definition) is 1. The maximum Gasteiger partial charge on any atom is 0.199 e. The van der Waals surface area contributed by atoms with Gasteiger partial charge in [0.1, 0.15) is 5.52 Å². The zero-order chi connectivity index (χ0) is 12.5. The zero-order valence-electron chi connectivity index (χ0n) is 9.56. The summed E-state index contributed by atoms with van der Waals surface area (Å²) in [6.07, 6.45) is 0.673. The number of anilines is 1. The minimum atomic E-state index is 0.673. The van der Waals surface area contributed by atoms with Gasteiger partial charge in [-0.15, -0.1) is 0 Å². The van der Waals surface area contributed by atoms with Crippen LogP contribution in [-0.4, -0.2) is 4.98 Å². The molecule has 90 valence electrons. The second-order valence-corrected chi connectivity index (χ2v) is 5.05. The third-order valence-electron chi connectivity index (χ3n) is 2.73. The highest BCUT2D eigenvalue weighted by Gasteiger charge is 2.06. The van der Waals surface area contributed by atoms with Crippen molar-refractivity contribution in [1.82, 2.24) is 4.98 Å². The van der Waals surface area contributed by atoms with Crippen LogP contribution in [0.3, 0.4) is 0 Å². The molecule has 0 aliphatic carbocycles. The van der Waals surface area contributed by atoms with Crippen LogP contribution in [0, 0.1) is 0 Å². The first-order chi connectivity index (χ1) is 8.70. The summed E-state index contributed by atoms with van der Waals surface area (Å²) < 4.78 is 6.70. The molecule has 3 aromatic rings. The van der Waals surface area contributed by atoms with Crippen LogP contribution >= 0.6 is 15.9 Å². The molecule has 0 spiro atoms. The minimum absolute atomic E-state index is 0.673. The number of hydrogen-bond acceptors (Lipinski definition) is 3. The maximum absolute atomic E-state index is 5.69. The molecule has 0 aliphatic heterocycles. The van der Waals surface area contributed by atoms with Crippen molar-refractivity contribution in [2.24, 2.45) is 0 Å². The van der Waals surface area contributed by atoms with Crippen molar-refractivity contribution in [3.05, 3.63) is 58.4 Å². The Morgan fingerprint density at radius 2 is 1.89 bits per heavy atom. The van der Waals surface area contributed by atoms with Gasteiger partial charge in [-0.25, -0.2) is 4.98 Å². The Bertz CT molecular complexity index is 689. The Morgan fingerprint density at radius 3 is 2.67 bits per heavy atom. The van der Waals surface area contributed by atoms with Crippen LogP contribution in [0.4, 0.5) is 5.69 Å². The molecule has 0 fully saturated rings. The highest BCUT2D eigenvalue weighted by atomic mass is 79.9. The van der Waals surface area contributed by atoms with Crippen molar-refractivity contribution in [3.8, 4) is 0 Å². The quantitative estimate of drug-likeness (QED) is 0.733. The summed E-state index contributed by atoms with van der Waals surface area (Å²) in [5.74, 6) is 0.716. The van der Waals surface area contributed by atoms with E-state index in [1.807, 2.05) is 42.5 Å². The molecular formula is C14H11BrN2O. The molecule has 0 radical (unpaired) electrons. The molecule has 2 N–H and O–H groups in total. The Kier molecular flexibility index (Phi) is 2.80. The summed E-state index contributed by atoms with van der Waals surface area (Å²) in [6.45, 7) is 0. The average Bonchev–Trinajstić information content (AvgIpc) is 2.73. The van der Waals surface area contributed by atoms with Gasteiger partial charge in [-0.3, -0.25) is 0 Å². The molecule has 3 nitrogen and oxygen atoms in total. The molecule has 3 rings (SSSR count). The summed E-state index contributed by atoms with van der Waals surface area (Å²) in [5.41, 5.74) is 9.23. The first-order valence-corrected chi connectivity index (χ1v) is 6.39. The summed E-state index contributed by atoms with van der Waals surface area (Å²) in [4.78, 5) is 4.46.